The predicted molar refractivity (Wildman–Crippen MR) is 77.0 cm³/mol. The van der Waals surface area contributed by atoms with Crippen molar-refractivity contribution in [3.05, 3.63) is 40.3 Å². The SMILES string of the molecule is O=C(O)C1c2ccsc2CCN1C(=O)CCn1cccn1. The van der Waals surface area contributed by atoms with Crippen LogP contribution in [0.4, 0.5) is 0 Å². The molecule has 1 unspecified atom stereocenters. The highest BCUT2D eigenvalue weighted by atomic mass is 32.1. The molecular weight excluding hydrogens is 290 g/mol. The van der Waals surface area contributed by atoms with Crippen LogP contribution in [0.2, 0.25) is 0 Å². The highest BCUT2D eigenvalue weighted by Gasteiger charge is 2.36. The van der Waals surface area contributed by atoms with Crippen molar-refractivity contribution in [3.8, 4) is 0 Å². The van der Waals surface area contributed by atoms with Crippen LogP contribution in [0, 0.1) is 0 Å². The molecule has 0 spiro atoms. The van der Waals surface area contributed by atoms with Crippen molar-refractivity contribution in [2.75, 3.05) is 6.54 Å². The van der Waals surface area contributed by atoms with Crippen LogP contribution in [0.15, 0.2) is 29.9 Å². The van der Waals surface area contributed by atoms with E-state index in [4.69, 9.17) is 0 Å². The summed E-state index contributed by atoms with van der Waals surface area (Å²) < 4.78 is 1.67. The molecule has 110 valence electrons. The number of carbonyl (C=O) groups is 2. The number of fused-ring (bicyclic) bond motifs is 1. The number of carboxylic acids is 1. The van der Waals surface area contributed by atoms with Crippen LogP contribution in [0.5, 0.6) is 0 Å². The smallest absolute Gasteiger partial charge is 0.331 e. The first-order chi connectivity index (χ1) is 10.2. The van der Waals surface area contributed by atoms with Crippen LogP contribution in [0.3, 0.4) is 0 Å². The predicted octanol–water partition coefficient (Wildman–Crippen LogP) is 1.55. The van der Waals surface area contributed by atoms with Gasteiger partial charge in [0.25, 0.3) is 0 Å². The fourth-order valence-electron chi connectivity index (χ4n) is 2.64. The first-order valence-corrected chi connectivity index (χ1v) is 7.61. The summed E-state index contributed by atoms with van der Waals surface area (Å²) in [6.45, 7) is 0.924. The number of aliphatic carboxylic acids is 1. The molecule has 0 aliphatic carbocycles. The minimum absolute atomic E-state index is 0.144. The Morgan fingerprint density at radius 3 is 3.05 bits per heavy atom. The van der Waals surface area contributed by atoms with E-state index in [2.05, 4.69) is 5.10 Å². The minimum Gasteiger partial charge on any atom is -0.479 e. The topological polar surface area (TPSA) is 75.4 Å². The second kappa shape index (κ2) is 5.69. The molecule has 0 saturated carbocycles. The zero-order valence-corrected chi connectivity index (χ0v) is 12.1. The lowest BCUT2D eigenvalue weighted by molar-refractivity contribution is -0.151. The van der Waals surface area contributed by atoms with Gasteiger partial charge in [-0.15, -0.1) is 11.3 Å². The number of hydrogen-bond donors (Lipinski definition) is 1. The van der Waals surface area contributed by atoms with Crippen molar-refractivity contribution in [1.29, 1.82) is 0 Å². The molecule has 1 atom stereocenters. The maximum atomic E-state index is 12.4. The molecule has 2 aromatic rings. The lowest BCUT2D eigenvalue weighted by atomic mass is 9.99. The highest BCUT2D eigenvalue weighted by Crippen LogP contribution is 2.33. The zero-order valence-electron chi connectivity index (χ0n) is 11.3. The molecule has 1 aliphatic heterocycles. The Morgan fingerprint density at radius 1 is 1.48 bits per heavy atom. The molecule has 1 aliphatic rings. The van der Waals surface area contributed by atoms with E-state index in [1.807, 2.05) is 11.4 Å². The van der Waals surface area contributed by atoms with Crippen molar-refractivity contribution in [3.63, 3.8) is 0 Å². The van der Waals surface area contributed by atoms with Gasteiger partial charge in [0.1, 0.15) is 0 Å². The summed E-state index contributed by atoms with van der Waals surface area (Å²) in [5.74, 6) is -1.11. The second-order valence-corrected chi connectivity index (χ2v) is 5.90. The van der Waals surface area contributed by atoms with E-state index in [0.717, 1.165) is 16.9 Å². The summed E-state index contributed by atoms with van der Waals surface area (Å²) in [6.07, 6.45) is 4.42. The minimum atomic E-state index is -0.971. The fourth-order valence-corrected chi connectivity index (χ4v) is 3.54. The Morgan fingerprint density at radius 2 is 2.33 bits per heavy atom. The summed E-state index contributed by atoms with van der Waals surface area (Å²) in [6, 6.07) is 2.75. The molecular formula is C14H15N3O3S. The molecule has 0 bridgehead atoms. The van der Waals surface area contributed by atoms with Crippen molar-refractivity contribution >= 4 is 23.2 Å². The number of hydrogen-bond acceptors (Lipinski definition) is 4. The molecule has 3 rings (SSSR count). The Labute approximate surface area is 125 Å². The number of aromatic nitrogens is 2. The van der Waals surface area contributed by atoms with E-state index in [1.165, 1.54) is 4.90 Å². The van der Waals surface area contributed by atoms with Crippen LogP contribution in [0.1, 0.15) is 22.9 Å². The van der Waals surface area contributed by atoms with Gasteiger partial charge in [-0.05, 0) is 29.5 Å². The normalized spacial score (nSPS) is 17.5. The lowest BCUT2D eigenvalue weighted by Crippen LogP contribution is -2.43. The van der Waals surface area contributed by atoms with Crippen LogP contribution >= 0.6 is 11.3 Å². The van der Waals surface area contributed by atoms with Gasteiger partial charge in [-0.1, -0.05) is 0 Å². The van der Waals surface area contributed by atoms with Crippen molar-refractivity contribution in [2.45, 2.75) is 25.4 Å². The third-order valence-corrected chi connectivity index (χ3v) is 4.63. The third-order valence-electron chi connectivity index (χ3n) is 3.63. The van der Waals surface area contributed by atoms with Gasteiger partial charge in [0, 0.05) is 36.8 Å². The van der Waals surface area contributed by atoms with Gasteiger partial charge >= 0.3 is 5.97 Å². The van der Waals surface area contributed by atoms with Crippen molar-refractivity contribution in [1.82, 2.24) is 14.7 Å². The third kappa shape index (κ3) is 2.69. The van der Waals surface area contributed by atoms with E-state index in [9.17, 15) is 14.7 Å². The van der Waals surface area contributed by atoms with E-state index in [1.54, 1.807) is 34.5 Å². The fraction of sp³-hybridized carbons (Fsp3) is 0.357. The van der Waals surface area contributed by atoms with Crippen LogP contribution in [-0.4, -0.2) is 38.2 Å². The summed E-state index contributed by atoms with van der Waals surface area (Å²) in [5, 5.41) is 15.4. The molecule has 6 nitrogen and oxygen atoms in total. The van der Waals surface area contributed by atoms with Gasteiger partial charge < -0.3 is 10.0 Å². The van der Waals surface area contributed by atoms with E-state index in [-0.39, 0.29) is 12.3 Å². The average Bonchev–Trinajstić information content (AvgIpc) is 3.14. The Bertz CT molecular complexity index is 650. The highest BCUT2D eigenvalue weighted by molar-refractivity contribution is 7.10. The van der Waals surface area contributed by atoms with E-state index in [0.29, 0.717) is 13.1 Å². The first kappa shape index (κ1) is 13.8. The van der Waals surface area contributed by atoms with Gasteiger partial charge in [-0.25, -0.2) is 4.79 Å². The average molecular weight is 305 g/mol. The number of rotatable bonds is 4. The van der Waals surface area contributed by atoms with Crippen molar-refractivity contribution < 1.29 is 14.7 Å². The van der Waals surface area contributed by atoms with Gasteiger partial charge in [-0.2, -0.15) is 5.10 Å². The summed E-state index contributed by atoms with van der Waals surface area (Å²) >= 11 is 1.56. The van der Waals surface area contributed by atoms with Crippen LogP contribution in [-0.2, 0) is 22.6 Å². The van der Waals surface area contributed by atoms with Gasteiger partial charge in [0.05, 0.1) is 0 Å². The monoisotopic (exact) mass is 305 g/mol. The molecule has 1 N–H and O–H groups in total. The molecule has 0 aromatic carbocycles. The number of carbonyl (C=O) groups excluding carboxylic acids is 1. The number of amides is 1. The summed E-state index contributed by atoms with van der Waals surface area (Å²) in [4.78, 5) is 26.5. The molecule has 21 heavy (non-hydrogen) atoms. The number of aryl methyl sites for hydroxylation is 1. The van der Waals surface area contributed by atoms with Crippen LogP contribution < -0.4 is 0 Å². The molecule has 2 aromatic heterocycles. The number of thiophene rings is 1. The quantitative estimate of drug-likeness (QED) is 0.930. The van der Waals surface area contributed by atoms with Gasteiger partial charge in [0.2, 0.25) is 5.91 Å². The maximum Gasteiger partial charge on any atom is 0.331 e. The van der Waals surface area contributed by atoms with Crippen LogP contribution in [0.25, 0.3) is 0 Å². The molecule has 7 heteroatoms. The van der Waals surface area contributed by atoms with Crippen molar-refractivity contribution in [2.24, 2.45) is 0 Å². The Hall–Kier alpha value is -2.15. The lowest BCUT2D eigenvalue weighted by Gasteiger charge is -2.33. The first-order valence-electron chi connectivity index (χ1n) is 6.73. The molecule has 3 heterocycles. The summed E-state index contributed by atoms with van der Waals surface area (Å²) in [7, 11) is 0. The number of carboxylic acid groups (broad SMARTS) is 1. The standard InChI is InChI=1S/C14H15N3O3S/c18-12(3-7-16-6-1-5-15-16)17-8-2-11-10(4-9-21-11)13(17)14(19)20/h1,4-6,9,13H,2-3,7-8H2,(H,19,20). The second-order valence-electron chi connectivity index (χ2n) is 4.90. The Kier molecular flexibility index (Phi) is 3.74. The van der Waals surface area contributed by atoms with E-state index >= 15 is 0 Å². The summed E-state index contributed by atoms with van der Waals surface area (Å²) in [5.41, 5.74) is 0.756. The maximum absolute atomic E-state index is 12.4. The molecule has 1 amide bonds. The largest absolute Gasteiger partial charge is 0.479 e. The molecule has 0 saturated heterocycles. The van der Waals surface area contributed by atoms with Gasteiger partial charge in [0.15, 0.2) is 6.04 Å². The number of nitrogens with zero attached hydrogens (tertiary/aromatic N) is 3. The zero-order chi connectivity index (χ0) is 14.8. The van der Waals surface area contributed by atoms with E-state index < -0.39 is 12.0 Å². The molecule has 0 fully saturated rings. The van der Waals surface area contributed by atoms with Gasteiger partial charge in [-0.3, -0.25) is 9.48 Å². The Balaban J connectivity index is 1.74. The molecule has 0 radical (unpaired) electrons.